The Labute approximate surface area is 130 Å². The second-order valence-corrected chi connectivity index (χ2v) is 6.27. The number of hydrogen-bond donors (Lipinski definition) is 2. The van der Waals surface area contributed by atoms with E-state index in [2.05, 4.69) is 15.4 Å². The van der Waals surface area contributed by atoms with Crippen molar-refractivity contribution >= 4 is 0 Å². The van der Waals surface area contributed by atoms with Crippen molar-refractivity contribution in [2.24, 2.45) is 5.92 Å². The first-order valence-electron chi connectivity index (χ1n) is 8.23. The summed E-state index contributed by atoms with van der Waals surface area (Å²) < 4.78 is 29.5. The summed E-state index contributed by atoms with van der Waals surface area (Å²) in [5.41, 5.74) is 0.799. The molecule has 2 fully saturated rings. The van der Waals surface area contributed by atoms with Gasteiger partial charge in [-0.25, -0.2) is 0 Å². The van der Waals surface area contributed by atoms with Gasteiger partial charge in [0, 0.05) is 24.2 Å². The predicted molar refractivity (Wildman–Crippen MR) is 82.1 cm³/mol. The molecule has 3 nitrogen and oxygen atoms in total. The van der Waals surface area contributed by atoms with Gasteiger partial charge in [-0.2, -0.15) is 8.78 Å². The van der Waals surface area contributed by atoms with Gasteiger partial charge in [0.1, 0.15) is 5.75 Å². The van der Waals surface area contributed by atoms with E-state index in [9.17, 15) is 8.78 Å². The minimum absolute atomic E-state index is 0.276. The van der Waals surface area contributed by atoms with Crippen molar-refractivity contribution in [3.05, 3.63) is 29.8 Å². The van der Waals surface area contributed by atoms with Gasteiger partial charge in [-0.3, -0.25) is 0 Å². The van der Waals surface area contributed by atoms with Crippen molar-refractivity contribution in [3.63, 3.8) is 0 Å². The Morgan fingerprint density at radius 1 is 1.18 bits per heavy atom. The van der Waals surface area contributed by atoms with Gasteiger partial charge in [-0.15, -0.1) is 0 Å². The Hall–Kier alpha value is -1.20. The Morgan fingerprint density at radius 2 is 2.05 bits per heavy atom. The maximum absolute atomic E-state index is 12.5. The largest absolute Gasteiger partial charge is 0.434 e. The summed E-state index contributed by atoms with van der Waals surface area (Å²) in [6.45, 7) is -1.07. The first-order valence-corrected chi connectivity index (χ1v) is 8.23. The van der Waals surface area contributed by atoms with E-state index in [1.165, 1.54) is 32.1 Å². The quantitative estimate of drug-likeness (QED) is 0.846. The fourth-order valence-electron chi connectivity index (χ4n) is 3.90. The van der Waals surface area contributed by atoms with E-state index >= 15 is 0 Å². The van der Waals surface area contributed by atoms with Crippen molar-refractivity contribution in [2.45, 2.75) is 57.3 Å². The molecule has 0 amide bonds. The molecule has 0 radical (unpaired) electrons. The van der Waals surface area contributed by atoms with Crippen LogP contribution < -0.4 is 15.4 Å². The molecule has 5 heteroatoms. The lowest BCUT2D eigenvalue weighted by Crippen LogP contribution is -2.41. The lowest BCUT2D eigenvalue weighted by atomic mass is 9.93. The molecule has 3 atom stereocenters. The highest BCUT2D eigenvalue weighted by molar-refractivity contribution is 5.33. The maximum Gasteiger partial charge on any atom is 0.387 e. The average molecular weight is 310 g/mol. The third kappa shape index (κ3) is 3.76. The third-order valence-electron chi connectivity index (χ3n) is 4.93. The molecule has 122 valence electrons. The van der Waals surface area contributed by atoms with Crippen LogP contribution in [0.25, 0.3) is 0 Å². The number of nitrogens with one attached hydrogen (secondary N) is 2. The summed E-state index contributed by atoms with van der Waals surface area (Å²) >= 11 is 0. The van der Waals surface area contributed by atoms with Crippen LogP contribution in [-0.2, 0) is 6.54 Å². The van der Waals surface area contributed by atoms with Crippen LogP contribution in [0.4, 0.5) is 8.78 Å². The highest BCUT2D eigenvalue weighted by Gasteiger charge is 2.34. The number of ether oxygens (including phenoxy) is 1. The summed E-state index contributed by atoms with van der Waals surface area (Å²) in [5.74, 6) is 0.934. The van der Waals surface area contributed by atoms with Crippen LogP contribution in [0, 0.1) is 5.92 Å². The molecule has 1 saturated heterocycles. The van der Waals surface area contributed by atoms with Crippen LogP contribution in [-0.4, -0.2) is 25.2 Å². The van der Waals surface area contributed by atoms with Gasteiger partial charge in [-0.05, 0) is 44.2 Å². The Morgan fingerprint density at radius 3 is 2.82 bits per heavy atom. The van der Waals surface area contributed by atoms with Crippen molar-refractivity contribution in [3.8, 4) is 5.75 Å². The molecule has 2 N–H and O–H groups in total. The highest BCUT2D eigenvalue weighted by Crippen LogP contribution is 2.32. The number of halogens is 2. The second-order valence-electron chi connectivity index (χ2n) is 6.27. The van der Waals surface area contributed by atoms with Gasteiger partial charge in [0.15, 0.2) is 0 Å². The highest BCUT2D eigenvalue weighted by atomic mass is 19.3. The Balaban J connectivity index is 1.59. The van der Waals surface area contributed by atoms with Crippen LogP contribution in [0.5, 0.6) is 5.75 Å². The summed E-state index contributed by atoms with van der Waals surface area (Å²) in [7, 11) is 0. The molecular formula is C17H24F2N2O. The molecule has 22 heavy (non-hydrogen) atoms. The zero-order chi connectivity index (χ0) is 15.4. The molecule has 1 aromatic carbocycles. The first-order chi connectivity index (χ1) is 10.7. The van der Waals surface area contributed by atoms with Gasteiger partial charge < -0.3 is 15.4 Å². The number of hydrogen-bond acceptors (Lipinski definition) is 3. The van der Waals surface area contributed by atoms with Gasteiger partial charge in [0.2, 0.25) is 0 Å². The van der Waals surface area contributed by atoms with Crippen molar-refractivity contribution in [1.82, 2.24) is 10.6 Å². The summed E-state index contributed by atoms with van der Waals surface area (Å²) in [6.07, 6.45) is 6.19. The Kier molecular flexibility index (Phi) is 5.26. The van der Waals surface area contributed by atoms with E-state index in [1.807, 2.05) is 12.1 Å². The summed E-state index contributed by atoms with van der Waals surface area (Å²) in [4.78, 5) is 0. The van der Waals surface area contributed by atoms with E-state index < -0.39 is 6.61 Å². The molecule has 1 aromatic rings. The molecule has 1 aliphatic heterocycles. The number of rotatable bonds is 6. The molecule has 0 spiro atoms. The van der Waals surface area contributed by atoms with Crippen LogP contribution in [0.1, 0.15) is 37.7 Å². The molecule has 0 aromatic heterocycles. The molecule has 2 aliphatic rings. The minimum Gasteiger partial charge on any atom is -0.434 e. The van der Waals surface area contributed by atoms with E-state index in [-0.39, 0.29) is 5.75 Å². The van der Waals surface area contributed by atoms with E-state index in [4.69, 9.17) is 0 Å². The Bertz CT molecular complexity index is 477. The van der Waals surface area contributed by atoms with E-state index in [1.54, 1.807) is 12.1 Å². The average Bonchev–Trinajstić information content (AvgIpc) is 3.16. The maximum atomic E-state index is 12.5. The second kappa shape index (κ2) is 7.38. The molecule has 3 rings (SSSR count). The molecule has 1 aliphatic carbocycles. The van der Waals surface area contributed by atoms with Crippen LogP contribution in [0.3, 0.4) is 0 Å². The van der Waals surface area contributed by atoms with E-state index in [0.717, 1.165) is 12.1 Å². The zero-order valence-electron chi connectivity index (χ0n) is 12.7. The lowest BCUT2D eigenvalue weighted by molar-refractivity contribution is -0.0505. The molecule has 0 bridgehead atoms. The normalized spacial score (nSPS) is 28.4. The van der Waals surface area contributed by atoms with Gasteiger partial charge >= 0.3 is 6.61 Å². The van der Waals surface area contributed by atoms with Gasteiger partial charge in [0.05, 0.1) is 0 Å². The number of para-hydroxylation sites is 1. The fourth-order valence-corrected chi connectivity index (χ4v) is 3.90. The molecular weight excluding hydrogens is 286 g/mol. The van der Waals surface area contributed by atoms with Crippen molar-refractivity contribution in [1.29, 1.82) is 0 Å². The molecule has 3 unspecified atom stereocenters. The molecule has 1 saturated carbocycles. The zero-order valence-corrected chi connectivity index (χ0v) is 12.7. The first kappa shape index (κ1) is 15.7. The van der Waals surface area contributed by atoms with Crippen molar-refractivity contribution in [2.75, 3.05) is 6.54 Å². The lowest BCUT2D eigenvalue weighted by Gasteiger charge is -2.27. The van der Waals surface area contributed by atoms with Crippen LogP contribution in [0.15, 0.2) is 24.3 Å². The number of benzene rings is 1. The fraction of sp³-hybridized carbons (Fsp3) is 0.647. The van der Waals surface area contributed by atoms with E-state index in [0.29, 0.717) is 24.5 Å². The number of alkyl halides is 2. The van der Waals surface area contributed by atoms with Crippen LogP contribution in [0.2, 0.25) is 0 Å². The monoisotopic (exact) mass is 310 g/mol. The van der Waals surface area contributed by atoms with Gasteiger partial charge in [0.25, 0.3) is 0 Å². The molecule has 1 heterocycles. The summed E-state index contributed by atoms with van der Waals surface area (Å²) in [5, 5.41) is 7.17. The van der Waals surface area contributed by atoms with Gasteiger partial charge in [-0.1, -0.05) is 24.6 Å². The third-order valence-corrected chi connectivity index (χ3v) is 4.93. The SMILES string of the molecule is FC(F)Oc1ccccc1CNC1CCCC1C1CCCN1. The van der Waals surface area contributed by atoms with Crippen molar-refractivity contribution < 1.29 is 13.5 Å². The topological polar surface area (TPSA) is 33.3 Å². The van der Waals surface area contributed by atoms with Crippen LogP contribution >= 0.6 is 0 Å². The predicted octanol–water partition coefficient (Wildman–Crippen LogP) is 3.30. The summed E-state index contributed by atoms with van der Waals surface area (Å²) in [6, 6.07) is 8.13. The smallest absolute Gasteiger partial charge is 0.387 e. The minimum atomic E-state index is -2.77. The standard InChI is InChI=1S/C17H24F2N2O/c18-17(19)22-16-9-2-1-5-12(16)11-21-15-7-3-6-13(15)14-8-4-10-20-14/h1-2,5,9,13-15,17,20-21H,3-4,6-8,10-11H2.